The highest BCUT2D eigenvalue weighted by atomic mass is 15.3. The molecule has 1 aromatic rings. The fourth-order valence-electron chi connectivity index (χ4n) is 1.62. The summed E-state index contributed by atoms with van der Waals surface area (Å²) in [4.78, 5) is 0. The Hall–Kier alpha value is -1.05. The second-order valence-corrected chi connectivity index (χ2v) is 3.14. The average Bonchev–Trinajstić information content (AvgIpc) is 2.25. The molecule has 2 nitrogen and oxygen atoms in total. The Kier molecular flexibility index (Phi) is 2.36. The SMILES string of the molecule is C=C(C)c1c(C)nn(CC)c1C. The molecule has 0 radical (unpaired) electrons. The van der Waals surface area contributed by atoms with Gasteiger partial charge in [0.25, 0.3) is 0 Å². The van der Waals surface area contributed by atoms with Crippen LogP contribution in [0, 0.1) is 13.8 Å². The standard InChI is InChI=1S/C10H16N2/c1-6-12-9(5)10(7(2)3)8(4)11-12/h2,6H2,1,3-5H3. The molecule has 1 rings (SSSR count). The molecule has 0 amide bonds. The summed E-state index contributed by atoms with van der Waals surface area (Å²) < 4.78 is 2.01. The lowest BCUT2D eigenvalue weighted by Crippen LogP contribution is -1.98. The lowest BCUT2D eigenvalue weighted by Gasteiger charge is -2.00. The Morgan fingerprint density at radius 1 is 1.50 bits per heavy atom. The summed E-state index contributed by atoms with van der Waals surface area (Å²) in [6, 6.07) is 0. The zero-order valence-electron chi connectivity index (χ0n) is 8.31. The Balaban J connectivity index is 3.28. The van der Waals surface area contributed by atoms with Crippen LogP contribution in [0.2, 0.25) is 0 Å². The van der Waals surface area contributed by atoms with Crippen molar-refractivity contribution in [3.8, 4) is 0 Å². The summed E-state index contributed by atoms with van der Waals surface area (Å²) in [6.07, 6.45) is 0. The summed E-state index contributed by atoms with van der Waals surface area (Å²) in [5, 5.41) is 4.41. The van der Waals surface area contributed by atoms with Gasteiger partial charge in [0.2, 0.25) is 0 Å². The summed E-state index contributed by atoms with van der Waals surface area (Å²) in [7, 11) is 0. The van der Waals surface area contributed by atoms with E-state index in [2.05, 4.69) is 25.5 Å². The molecule has 12 heavy (non-hydrogen) atoms. The van der Waals surface area contributed by atoms with E-state index >= 15 is 0 Å². The van der Waals surface area contributed by atoms with Gasteiger partial charge in [-0.1, -0.05) is 6.58 Å². The van der Waals surface area contributed by atoms with E-state index in [1.54, 1.807) is 0 Å². The smallest absolute Gasteiger partial charge is 0.0671 e. The quantitative estimate of drug-likeness (QED) is 0.656. The number of rotatable bonds is 2. The van der Waals surface area contributed by atoms with Crippen molar-refractivity contribution in [3.05, 3.63) is 23.5 Å². The molecule has 0 bridgehead atoms. The fraction of sp³-hybridized carbons (Fsp3) is 0.500. The maximum Gasteiger partial charge on any atom is 0.0671 e. The molecule has 0 spiro atoms. The van der Waals surface area contributed by atoms with Gasteiger partial charge in [-0.25, -0.2) is 0 Å². The van der Waals surface area contributed by atoms with Crippen LogP contribution >= 0.6 is 0 Å². The zero-order chi connectivity index (χ0) is 9.30. The van der Waals surface area contributed by atoms with E-state index in [4.69, 9.17) is 0 Å². The van der Waals surface area contributed by atoms with Crippen LogP contribution in [0.5, 0.6) is 0 Å². The van der Waals surface area contributed by atoms with Crippen molar-refractivity contribution >= 4 is 5.57 Å². The number of aromatic nitrogens is 2. The maximum absolute atomic E-state index is 4.41. The second kappa shape index (κ2) is 3.13. The van der Waals surface area contributed by atoms with Gasteiger partial charge in [0, 0.05) is 17.8 Å². The minimum Gasteiger partial charge on any atom is -0.269 e. The highest BCUT2D eigenvalue weighted by molar-refractivity contribution is 5.65. The van der Waals surface area contributed by atoms with Crippen LogP contribution in [0.15, 0.2) is 6.58 Å². The third-order valence-corrected chi connectivity index (χ3v) is 2.11. The monoisotopic (exact) mass is 164 g/mol. The number of aryl methyl sites for hydroxylation is 2. The van der Waals surface area contributed by atoms with Gasteiger partial charge in [-0.15, -0.1) is 0 Å². The minimum atomic E-state index is 0.931. The average molecular weight is 164 g/mol. The van der Waals surface area contributed by atoms with Crippen molar-refractivity contribution in [2.24, 2.45) is 0 Å². The molecule has 0 N–H and O–H groups in total. The molecule has 66 valence electrons. The summed E-state index contributed by atoms with van der Waals surface area (Å²) in [5.74, 6) is 0. The van der Waals surface area contributed by atoms with E-state index in [-0.39, 0.29) is 0 Å². The first-order chi connectivity index (χ1) is 5.57. The molecule has 1 heterocycles. The Morgan fingerprint density at radius 3 is 2.33 bits per heavy atom. The first kappa shape index (κ1) is 9.04. The number of nitrogens with zero attached hydrogens (tertiary/aromatic N) is 2. The second-order valence-electron chi connectivity index (χ2n) is 3.14. The van der Waals surface area contributed by atoms with E-state index in [9.17, 15) is 0 Å². The van der Waals surface area contributed by atoms with E-state index in [1.807, 2.05) is 18.5 Å². The van der Waals surface area contributed by atoms with Crippen LogP contribution in [0.25, 0.3) is 5.57 Å². The topological polar surface area (TPSA) is 17.8 Å². The molecule has 0 aromatic carbocycles. The molecule has 0 aliphatic carbocycles. The molecule has 0 fully saturated rings. The van der Waals surface area contributed by atoms with Gasteiger partial charge in [-0.3, -0.25) is 4.68 Å². The van der Waals surface area contributed by atoms with Gasteiger partial charge in [-0.2, -0.15) is 5.10 Å². The van der Waals surface area contributed by atoms with Gasteiger partial charge in [0.15, 0.2) is 0 Å². The van der Waals surface area contributed by atoms with Gasteiger partial charge >= 0.3 is 0 Å². The van der Waals surface area contributed by atoms with Gasteiger partial charge in [-0.05, 0) is 33.3 Å². The van der Waals surface area contributed by atoms with E-state index in [0.29, 0.717) is 0 Å². The van der Waals surface area contributed by atoms with E-state index < -0.39 is 0 Å². The van der Waals surface area contributed by atoms with Crippen molar-refractivity contribution in [2.75, 3.05) is 0 Å². The molecule has 0 aliphatic rings. The molecule has 0 unspecified atom stereocenters. The minimum absolute atomic E-state index is 0.931. The zero-order valence-corrected chi connectivity index (χ0v) is 8.31. The van der Waals surface area contributed by atoms with Crippen LogP contribution in [-0.2, 0) is 6.54 Å². The predicted octanol–water partition coefficient (Wildman–Crippen LogP) is 2.55. The Morgan fingerprint density at radius 2 is 2.08 bits per heavy atom. The lowest BCUT2D eigenvalue weighted by molar-refractivity contribution is 0.634. The Labute approximate surface area is 73.9 Å². The van der Waals surface area contributed by atoms with Gasteiger partial charge in [0.05, 0.1) is 5.69 Å². The van der Waals surface area contributed by atoms with Crippen LogP contribution in [0.3, 0.4) is 0 Å². The third-order valence-electron chi connectivity index (χ3n) is 2.11. The number of hydrogen-bond acceptors (Lipinski definition) is 1. The van der Waals surface area contributed by atoms with Crippen molar-refractivity contribution in [1.29, 1.82) is 0 Å². The first-order valence-electron chi connectivity index (χ1n) is 4.27. The van der Waals surface area contributed by atoms with Crippen LogP contribution in [0.4, 0.5) is 0 Å². The number of allylic oxidation sites excluding steroid dienone is 1. The molecular weight excluding hydrogens is 148 g/mol. The molecule has 0 saturated carbocycles. The largest absolute Gasteiger partial charge is 0.269 e. The molecule has 0 atom stereocenters. The molecular formula is C10H16N2. The van der Waals surface area contributed by atoms with Crippen molar-refractivity contribution < 1.29 is 0 Å². The van der Waals surface area contributed by atoms with Crippen LogP contribution < -0.4 is 0 Å². The van der Waals surface area contributed by atoms with Gasteiger partial charge < -0.3 is 0 Å². The van der Waals surface area contributed by atoms with Crippen LogP contribution in [0.1, 0.15) is 30.8 Å². The van der Waals surface area contributed by atoms with Crippen molar-refractivity contribution in [2.45, 2.75) is 34.2 Å². The fourth-order valence-corrected chi connectivity index (χ4v) is 1.62. The molecule has 0 aliphatic heterocycles. The Bertz CT molecular complexity index is 308. The van der Waals surface area contributed by atoms with Gasteiger partial charge in [0.1, 0.15) is 0 Å². The normalized spacial score (nSPS) is 10.3. The highest BCUT2D eigenvalue weighted by Gasteiger charge is 2.09. The van der Waals surface area contributed by atoms with Crippen LogP contribution in [-0.4, -0.2) is 9.78 Å². The number of hydrogen-bond donors (Lipinski definition) is 0. The summed E-state index contributed by atoms with van der Waals surface area (Å²) >= 11 is 0. The highest BCUT2D eigenvalue weighted by Crippen LogP contribution is 2.20. The molecule has 1 aromatic heterocycles. The van der Waals surface area contributed by atoms with E-state index in [1.165, 1.54) is 11.3 Å². The lowest BCUT2D eigenvalue weighted by atomic mass is 10.1. The third kappa shape index (κ3) is 1.29. The van der Waals surface area contributed by atoms with Crippen molar-refractivity contribution in [3.63, 3.8) is 0 Å². The molecule has 0 saturated heterocycles. The molecule has 2 heteroatoms. The first-order valence-corrected chi connectivity index (χ1v) is 4.27. The van der Waals surface area contributed by atoms with E-state index in [0.717, 1.165) is 17.8 Å². The summed E-state index contributed by atoms with van der Waals surface area (Å²) in [5.41, 5.74) is 4.63. The van der Waals surface area contributed by atoms with Crippen molar-refractivity contribution in [1.82, 2.24) is 9.78 Å². The maximum atomic E-state index is 4.41. The predicted molar refractivity (Wildman–Crippen MR) is 52.1 cm³/mol. The summed E-state index contributed by atoms with van der Waals surface area (Å²) in [6.45, 7) is 13.1.